The Labute approximate surface area is 224 Å². The van der Waals surface area contributed by atoms with Gasteiger partial charge in [-0.05, 0) is 54.2 Å². The molecule has 3 rings (SSSR count). The van der Waals surface area contributed by atoms with E-state index in [1.165, 1.54) is 63.4 Å². The molecule has 0 radical (unpaired) electrons. The van der Waals surface area contributed by atoms with Crippen molar-refractivity contribution in [2.24, 2.45) is 0 Å². The van der Waals surface area contributed by atoms with E-state index in [2.05, 4.69) is 30.8 Å². The van der Waals surface area contributed by atoms with Gasteiger partial charge in [0.25, 0.3) is 0 Å². The van der Waals surface area contributed by atoms with Crippen LogP contribution in [-0.4, -0.2) is 12.4 Å². The number of carbonyl (C=O) groups excluding carboxylic acids is 1. The van der Waals surface area contributed by atoms with Crippen LogP contribution in [0, 0.1) is 0 Å². The van der Waals surface area contributed by atoms with E-state index in [4.69, 9.17) is 4.74 Å². The predicted octanol–water partition coefficient (Wildman–Crippen LogP) is 9.75. The minimum absolute atomic E-state index is 0.0426. The van der Waals surface area contributed by atoms with Crippen LogP contribution in [-0.2, 0) is 6.42 Å². The lowest BCUT2D eigenvalue weighted by Crippen LogP contribution is -1.97. The summed E-state index contributed by atoms with van der Waals surface area (Å²) in [4.78, 5) is 12.2. The Hall–Kier alpha value is -3.39. The zero-order chi connectivity index (χ0) is 26.0. The molecule has 3 aromatic carbocycles. The fourth-order valence-electron chi connectivity index (χ4n) is 4.40. The second-order valence-corrected chi connectivity index (χ2v) is 9.71. The summed E-state index contributed by atoms with van der Waals surface area (Å²) in [6.07, 6.45) is 19.5. The maximum atomic E-state index is 12.2. The summed E-state index contributed by atoms with van der Waals surface area (Å²) < 4.78 is 5.81. The molecule has 0 bridgehead atoms. The molecule has 0 aliphatic rings. The molecule has 0 fully saturated rings. The Bertz CT molecular complexity index is 1060. The summed E-state index contributed by atoms with van der Waals surface area (Å²) in [5.41, 5.74) is 4.30. The Morgan fingerprint density at radius 2 is 1.22 bits per heavy atom. The van der Waals surface area contributed by atoms with Crippen molar-refractivity contribution in [3.63, 3.8) is 0 Å². The average molecular weight is 495 g/mol. The van der Waals surface area contributed by atoms with Crippen molar-refractivity contribution in [3.8, 4) is 5.75 Å². The first-order valence-electron chi connectivity index (χ1n) is 14.0. The molecule has 0 aliphatic carbocycles. The van der Waals surface area contributed by atoms with E-state index in [9.17, 15) is 4.79 Å². The molecule has 0 atom stereocenters. The molecule has 0 saturated carbocycles. The summed E-state index contributed by atoms with van der Waals surface area (Å²) >= 11 is 0. The van der Waals surface area contributed by atoms with Crippen LogP contribution in [0.2, 0.25) is 0 Å². The molecule has 0 saturated heterocycles. The van der Waals surface area contributed by atoms with Gasteiger partial charge in [0.05, 0.1) is 6.61 Å². The third kappa shape index (κ3) is 11.5. The van der Waals surface area contributed by atoms with E-state index < -0.39 is 0 Å². The number of carbonyl (C=O) groups is 1. The van der Waals surface area contributed by atoms with Crippen LogP contribution in [0.4, 0.5) is 0 Å². The van der Waals surface area contributed by atoms with Crippen LogP contribution >= 0.6 is 0 Å². The van der Waals surface area contributed by atoms with E-state index >= 15 is 0 Å². The van der Waals surface area contributed by atoms with Crippen molar-refractivity contribution < 1.29 is 9.53 Å². The lowest BCUT2D eigenvalue weighted by atomic mass is 10.0. The van der Waals surface area contributed by atoms with Crippen molar-refractivity contribution in [1.82, 2.24) is 0 Å². The van der Waals surface area contributed by atoms with Gasteiger partial charge < -0.3 is 4.74 Å². The average Bonchev–Trinajstić information content (AvgIpc) is 2.95. The molecule has 0 unspecified atom stereocenters. The highest BCUT2D eigenvalue weighted by Gasteiger charge is 2.00. The summed E-state index contributed by atoms with van der Waals surface area (Å²) in [6.45, 7) is 4.58. The van der Waals surface area contributed by atoms with Crippen LogP contribution in [0.25, 0.3) is 12.2 Å². The van der Waals surface area contributed by atoms with Crippen molar-refractivity contribution >= 4 is 17.9 Å². The fourth-order valence-corrected chi connectivity index (χ4v) is 4.40. The van der Waals surface area contributed by atoms with Gasteiger partial charge in [0.1, 0.15) is 5.75 Å². The van der Waals surface area contributed by atoms with Gasteiger partial charge in [-0.15, -0.1) is 0 Å². The molecule has 0 spiro atoms. The zero-order valence-corrected chi connectivity index (χ0v) is 22.2. The highest BCUT2D eigenvalue weighted by atomic mass is 16.5. The van der Waals surface area contributed by atoms with Gasteiger partial charge >= 0.3 is 0 Å². The number of unbranched alkanes of at least 4 members (excludes halogenated alkanes) is 9. The maximum absolute atomic E-state index is 12.2. The van der Waals surface area contributed by atoms with E-state index in [0.717, 1.165) is 41.9 Å². The normalized spacial score (nSPS) is 11.0. The summed E-state index contributed by atoms with van der Waals surface area (Å²) in [6, 6.07) is 26.1. The van der Waals surface area contributed by atoms with Gasteiger partial charge in [-0.25, -0.2) is 0 Å². The number of allylic oxidation sites excluding steroid dienone is 1. The van der Waals surface area contributed by atoms with Gasteiger partial charge in [0, 0.05) is 5.56 Å². The second kappa shape index (κ2) is 17.1. The molecular weight excluding hydrogens is 452 g/mol. The molecule has 2 heteroatoms. The number of hydrogen-bond acceptors (Lipinski definition) is 2. The monoisotopic (exact) mass is 494 g/mol. The van der Waals surface area contributed by atoms with Crippen LogP contribution in [0.3, 0.4) is 0 Å². The third-order valence-corrected chi connectivity index (χ3v) is 6.71. The van der Waals surface area contributed by atoms with Gasteiger partial charge in [0.15, 0.2) is 5.78 Å². The molecule has 194 valence electrons. The summed E-state index contributed by atoms with van der Waals surface area (Å²) in [7, 11) is 0. The van der Waals surface area contributed by atoms with Crippen LogP contribution in [0.5, 0.6) is 5.75 Å². The number of rotatable bonds is 18. The minimum atomic E-state index is 0.0426. The van der Waals surface area contributed by atoms with Crippen LogP contribution in [0.1, 0.15) is 91.3 Å². The van der Waals surface area contributed by atoms with E-state index in [1.807, 2.05) is 66.7 Å². The third-order valence-electron chi connectivity index (χ3n) is 6.71. The van der Waals surface area contributed by atoms with Gasteiger partial charge in [-0.3, -0.25) is 4.79 Å². The molecule has 0 N–H and O–H groups in total. The zero-order valence-electron chi connectivity index (χ0n) is 22.2. The number of ketones is 1. The Morgan fingerprint density at radius 1 is 0.649 bits per heavy atom. The topological polar surface area (TPSA) is 26.3 Å². The SMILES string of the molecule is C=Cc1ccc(OCCCCCCCCCCCCc2ccc(C=CC(=O)c3ccccc3)cc2)cc1. The first-order chi connectivity index (χ1) is 18.2. The van der Waals surface area contributed by atoms with E-state index in [0.29, 0.717) is 0 Å². The molecule has 0 heterocycles. The Balaban J connectivity index is 1.14. The first kappa shape index (κ1) is 28.2. The maximum Gasteiger partial charge on any atom is 0.185 e. The Morgan fingerprint density at radius 3 is 1.84 bits per heavy atom. The molecule has 2 nitrogen and oxygen atoms in total. The molecule has 0 amide bonds. The lowest BCUT2D eigenvalue weighted by molar-refractivity contribution is 0.104. The molecule has 3 aromatic rings. The first-order valence-corrected chi connectivity index (χ1v) is 14.0. The highest BCUT2D eigenvalue weighted by molar-refractivity contribution is 6.06. The molecule has 0 aromatic heterocycles. The Kier molecular flexibility index (Phi) is 13.1. The van der Waals surface area contributed by atoms with E-state index in [-0.39, 0.29) is 5.78 Å². The molecule has 0 aliphatic heterocycles. The number of aryl methyl sites for hydroxylation is 1. The lowest BCUT2D eigenvalue weighted by Gasteiger charge is -2.06. The van der Waals surface area contributed by atoms with Crippen molar-refractivity contribution in [1.29, 1.82) is 0 Å². The fraction of sp³-hybridized carbons (Fsp3) is 0.343. The largest absolute Gasteiger partial charge is 0.494 e. The minimum Gasteiger partial charge on any atom is -0.494 e. The second-order valence-electron chi connectivity index (χ2n) is 9.71. The smallest absolute Gasteiger partial charge is 0.185 e. The summed E-state index contributed by atoms with van der Waals surface area (Å²) in [5, 5.41) is 0. The van der Waals surface area contributed by atoms with Gasteiger partial charge in [-0.2, -0.15) is 0 Å². The molecular formula is C35H42O2. The van der Waals surface area contributed by atoms with Crippen molar-refractivity contribution in [3.05, 3.63) is 114 Å². The van der Waals surface area contributed by atoms with Gasteiger partial charge in [0.2, 0.25) is 0 Å². The standard InChI is InChI=1S/C35H42O2/c1-2-30-23-26-34(27-24-30)37-29-15-10-8-6-4-3-5-7-9-12-16-31-19-21-32(22-20-31)25-28-35(36)33-17-13-11-14-18-33/h2,11,13-14,17-28H,1,3-10,12,15-16,29H2. The number of hydrogen-bond donors (Lipinski definition) is 0. The van der Waals surface area contributed by atoms with Crippen molar-refractivity contribution in [2.45, 2.75) is 70.6 Å². The highest BCUT2D eigenvalue weighted by Crippen LogP contribution is 2.16. The van der Waals surface area contributed by atoms with Crippen LogP contribution < -0.4 is 4.74 Å². The van der Waals surface area contributed by atoms with E-state index in [1.54, 1.807) is 6.08 Å². The van der Waals surface area contributed by atoms with Gasteiger partial charge in [-0.1, -0.05) is 137 Å². The quantitative estimate of drug-likeness (QED) is 0.0999. The summed E-state index contributed by atoms with van der Waals surface area (Å²) in [5.74, 6) is 0.994. The van der Waals surface area contributed by atoms with Crippen LogP contribution in [0.15, 0.2) is 91.5 Å². The molecule has 37 heavy (non-hydrogen) atoms. The number of ether oxygens (including phenoxy) is 1. The van der Waals surface area contributed by atoms with Crippen molar-refractivity contribution in [2.75, 3.05) is 6.61 Å². The number of benzene rings is 3. The predicted molar refractivity (Wildman–Crippen MR) is 158 cm³/mol.